The third-order valence-electron chi connectivity index (χ3n) is 2.37. The molecular formula is C12H13N3O3. The maximum absolute atomic E-state index is 11.8. The number of aryl methyl sites for hydroxylation is 2. The molecule has 0 aliphatic heterocycles. The molecule has 2 rings (SSSR count). The number of hydrogen-bond acceptors (Lipinski definition) is 5. The predicted molar refractivity (Wildman–Crippen MR) is 63.0 cm³/mol. The quantitative estimate of drug-likeness (QED) is 0.854. The van der Waals surface area contributed by atoms with Gasteiger partial charge in [0.25, 0.3) is 5.91 Å². The molecule has 18 heavy (non-hydrogen) atoms. The molecule has 1 aromatic carbocycles. The Morgan fingerprint density at radius 3 is 2.83 bits per heavy atom. The van der Waals surface area contributed by atoms with Gasteiger partial charge in [-0.3, -0.25) is 4.79 Å². The summed E-state index contributed by atoms with van der Waals surface area (Å²) in [6.07, 6.45) is 0. The molecule has 2 aromatic rings. The average Bonchev–Trinajstić information content (AvgIpc) is 2.72. The van der Waals surface area contributed by atoms with Crippen LogP contribution in [0.2, 0.25) is 0 Å². The van der Waals surface area contributed by atoms with Gasteiger partial charge in [-0.25, -0.2) is 0 Å². The highest BCUT2D eigenvalue weighted by Gasteiger charge is 2.12. The van der Waals surface area contributed by atoms with Crippen LogP contribution in [0.15, 0.2) is 22.7 Å². The summed E-state index contributed by atoms with van der Waals surface area (Å²) in [5.41, 5.74) is 1.11. The lowest BCUT2D eigenvalue weighted by molar-refractivity contribution is 0.0943. The molecule has 94 valence electrons. The summed E-state index contributed by atoms with van der Waals surface area (Å²) in [6, 6.07) is 4.86. The van der Waals surface area contributed by atoms with E-state index < -0.39 is 0 Å². The monoisotopic (exact) mass is 247 g/mol. The Hall–Kier alpha value is -2.37. The number of phenolic OH excluding ortho intramolecular Hbond substituents is 1. The van der Waals surface area contributed by atoms with Crippen molar-refractivity contribution in [1.82, 2.24) is 15.5 Å². The summed E-state index contributed by atoms with van der Waals surface area (Å²) in [4.78, 5) is 15.8. The van der Waals surface area contributed by atoms with Gasteiger partial charge in [0.05, 0.1) is 12.1 Å². The van der Waals surface area contributed by atoms with Crippen LogP contribution in [0.5, 0.6) is 5.75 Å². The van der Waals surface area contributed by atoms with E-state index in [0.29, 0.717) is 11.7 Å². The number of carbonyl (C=O) groups is 1. The molecule has 6 heteroatoms. The van der Waals surface area contributed by atoms with E-state index in [9.17, 15) is 9.90 Å². The molecule has 0 saturated carbocycles. The molecule has 0 aliphatic carbocycles. The van der Waals surface area contributed by atoms with Crippen LogP contribution in [0, 0.1) is 13.8 Å². The molecule has 0 spiro atoms. The van der Waals surface area contributed by atoms with Gasteiger partial charge < -0.3 is 14.9 Å². The number of nitrogens with zero attached hydrogens (tertiary/aromatic N) is 2. The molecular weight excluding hydrogens is 234 g/mol. The molecule has 0 saturated heterocycles. The van der Waals surface area contributed by atoms with Gasteiger partial charge in [0.15, 0.2) is 5.82 Å². The van der Waals surface area contributed by atoms with E-state index >= 15 is 0 Å². The second kappa shape index (κ2) is 4.87. The lowest BCUT2D eigenvalue weighted by Gasteiger charge is -2.05. The number of rotatable bonds is 3. The van der Waals surface area contributed by atoms with Crippen molar-refractivity contribution in [3.05, 3.63) is 41.0 Å². The zero-order valence-corrected chi connectivity index (χ0v) is 10.1. The molecule has 0 radical (unpaired) electrons. The first-order valence-corrected chi connectivity index (χ1v) is 5.43. The fourth-order valence-corrected chi connectivity index (χ4v) is 1.50. The zero-order chi connectivity index (χ0) is 13.1. The molecule has 2 N–H and O–H groups in total. The highest BCUT2D eigenvalue weighted by molar-refractivity contribution is 5.96. The number of benzene rings is 1. The smallest absolute Gasteiger partial charge is 0.255 e. The second-order valence-corrected chi connectivity index (χ2v) is 3.94. The highest BCUT2D eigenvalue weighted by atomic mass is 16.5. The largest absolute Gasteiger partial charge is 0.507 e. The fraction of sp³-hybridized carbons (Fsp3) is 0.250. The molecule has 0 aliphatic rings. The summed E-state index contributed by atoms with van der Waals surface area (Å²) in [6.45, 7) is 3.66. The molecule has 0 unspecified atom stereocenters. The van der Waals surface area contributed by atoms with E-state index in [4.69, 9.17) is 4.52 Å². The summed E-state index contributed by atoms with van der Waals surface area (Å²) in [7, 11) is 0. The van der Waals surface area contributed by atoms with Crippen LogP contribution in [-0.4, -0.2) is 21.2 Å². The minimum absolute atomic E-state index is 0.0470. The maximum atomic E-state index is 11.8. The summed E-state index contributed by atoms with van der Waals surface area (Å²) < 4.78 is 4.86. The maximum Gasteiger partial charge on any atom is 0.255 e. The molecule has 0 fully saturated rings. The molecule has 0 bridgehead atoms. The Balaban J connectivity index is 2.03. The van der Waals surface area contributed by atoms with Crippen molar-refractivity contribution in [3.8, 4) is 5.75 Å². The highest BCUT2D eigenvalue weighted by Crippen LogP contribution is 2.18. The lowest BCUT2D eigenvalue weighted by Crippen LogP contribution is -2.23. The van der Waals surface area contributed by atoms with Crippen LogP contribution in [0.1, 0.15) is 27.6 Å². The Morgan fingerprint density at radius 1 is 1.44 bits per heavy atom. The molecule has 1 aromatic heterocycles. The number of nitrogens with one attached hydrogen (secondary N) is 1. The number of aromatic nitrogens is 2. The van der Waals surface area contributed by atoms with Gasteiger partial charge in [-0.1, -0.05) is 11.2 Å². The number of phenols is 1. The standard InChI is InChI=1S/C12H13N3O3/c1-7-3-4-9(10(16)5-7)12(17)13-6-11-14-8(2)15-18-11/h3-5,16H,6H2,1-2H3,(H,13,17). The van der Waals surface area contributed by atoms with Crippen LogP contribution in [0.25, 0.3) is 0 Å². The van der Waals surface area contributed by atoms with E-state index in [2.05, 4.69) is 15.5 Å². The fourth-order valence-electron chi connectivity index (χ4n) is 1.50. The van der Waals surface area contributed by atoms with Gasteiger partial charge in [-0.05, 0) is 31.5 Å². The van der Waals surface area contributed by atoms with Gasteiger partial charge >= 0.3 is 0 Å². The number of amides is 1. The number of carbonyl (C=O) groups excluding carboxylic acids is 1. The number of hydrogen-bond donors (Lipinski definition) is 2. The Kier molecular flexibility index (Phi) is 3.27. The van der Waals surface area contributed by atoms with Gasteiger partial charge in [0.1, 0.15) is 5.75 Å². The van der Waals surface area contributed by atoms with Crippen molar-refractivity contribution < 1.29 is 14.4 Å². The summed E-state index contributed by atoms with van der Waals surface area (Å²) in [5, 5.41) is 15.9. The van der Waals surface area contributed by atoms with Crippen molar-refractivity contribution in [2.75, 3.05) is 0 Å². The average molecular weight is 247 g/mol. The van der Waals surface area contributed by atoms with Gasteiger partial charge in [0, 0.05) is 0 Å². The topological polar surface area (TPSA) is 88.3 Å². The van der Waals surface area contributed by atoms with Crippen LogP contribution in [-0.2, 0) is 6.54 Å². The normalized spacial score (nSPS) is 10.3. The predicted octanol–water partition coefficient (Wildman–Crippen LogP) is 1.32. The van der Waals surface area contributed by atoms with Crippen LogP contribution in [0.3, 0.4) is 0 Å². The third kappa shape index (κ3) is 2.65. The molecule has 0 atom stereocenters. The lowest BCUT2D eigenvalue weighted by atomic mass is 10.1. The van der Waals surface area contributed by atoms with E-state index in [-0.39, 0.29) is 23.8 Å². The second-order valence-electron chi connectivity index (χ2n) is 3.94. The van der Waals surface area contributed by atoms with Crippen molar-refractivity contribution >= 4 is 5.91 Å². The third-order valence-corrected chi connectivity index (χ3v) is 2.37. The Bertz CT molecular complexity index is 578. The van der Waals surface area contributed by atoms with Crippen LogP contribution in [0.4, 0.5) is 0 Å². The minimum atomic E-state index is -0.386. The Morgan fingerprint density at radius 2 is 2.22 bits per heavy atom. The van der Waals surface area contributed by atoms with E-state index in [1.165, 1.54) is 6.07 Å². The van der Waals surface area contributed by atoms with Crippen molar-refractivity contribution in [1.29, 1.82) is 0 Å². The Labute approximate surface area is 104 Å². The SMILES string of the molecule is Cc1ccc(C(=O)NCc2nc(C)no2)c(O)c1. The van der Waals surface area contributed by atoms with Gasteiger partial charge in [-0.15, -0.1) is 0 Å². The van der Waals surface area contributed by atoms with Crippen molar-refractivity contribution in [2.45, 2.75) is 20.4 Å². The molecule has 1 heterocycles. The van der Waals surface area contributed by atoms with E-state index in [1.807, 2.05) is 6.92 Å². The first kappa shape index (κ1) is 12.1. The summed E-state index contributed by atoms with van der Waals surface area (Å²) >= 11 is 0. The minimum Gasteiger partial charge on any atom is -0.507 e. The van der Waals surface area contributed by atoms with Crippen LogP contribution < -0.4 is 5.32 Å². The van der Waals surface area contributed by atoms with E-state index in [0.717, 1.165) is 5.56 Å². The van der Waals surface area contributed by atoms with Crippen molar-refractivity contribution in [2.24, 2.45) is 0 Å². The van der Waals surface area contributed by atoms with Gasteiger partial charge in [-0.2, -0.15) is 4.98 Å². The molecule has 1 amide bonds. The summed E-state index contributed by atoms with van der Waals surface area (Å²) in [5.74, 6) is 0.405. The van der Waals surface area contributed by atoms with E-state index in [1.54, 1.807) is 19.1 Å². The molecule has 6 nitrogen and oxygen atoms in total. The van der Waals surface area contributed by atoms with Crippen molar-refractivity contribution in [3.63, 3.8) is 0 Å². The number of aromatic hydroxyl groups is 1. The first-order chi connectivity index (χ1) is 8.56. The van der Waals surface area contributed by atoms with Gasteiger partial charge in [0.2, 0.25) is 5.89 Å². The first-order valence-electron chi connectivity index (χ1n) is 5.43. The van der Waals surface area contributed by atoms with Crippen LogP contribution >= 0.6 is 0 Å². The zero-order valence-electron chi connectivity index (χ0n) is 10.1.